The number of benzene rings is 1. The molecule has 0 saturated heterocycles. The van der Waals surface area contributed by atoms with Crippen LogP contribution in [0.4, 0.5) is 10.1 Å². The Kier molecular flexibility index (Phi) is 3.81. The maximum Gasteiger partial charge on any atom is 0.254 e. The smallest absolute Gasteiger partial charge is 0.254 e. The Bertz CT molecular complexity index is 451. The van der Waals surface area contributed by atoms with Crippen LogP contribution < -0.4 is 11.1 Å². The number of amides is 1. The van der Waals surface area contributed by atoms with E-state index in [2.05, 4.69) is 5.32 Å². The second-order valence-electron chi connectivity index (χ2n) is 4.58. The van der Waals surface area contributed by atoms with Crippen molar-refractivity contribution in [3.05, 3.63) is 29.6 Å². The number of nitrogens with two attached hydrogens (primary N) is 1. The number of nitrogens with one attached hydrogen (secondary N) is 1. The van der Waals surface area contributed by atoms with Gasteiger partial charge in [0, 0.05) is 18.8 Å². The summed E-state index contributed by atoms with van der Waals surface area (Å²) in [5.74, 6) is -0.968. The molecule has 18 heavy (non-hydrogen) atoms. The van der Waals surface area contributed by atoms with E-state index in [0.29, 0.717) is 5.69 Å². The van der Waals surface area contributed by atoms with Gasteiger partial charge in [-0.15, -0.1) is 0 Å². The number of halogens is 1. The molecule has 0 bridgehead atoms. The first-order chi connectivity index (χ1) is 8.60. The fourth-order valence-corrected chi connectivity index (χ4v) is 2.27. The number of hydrogen-bond donors (Lipinski definition) is 2. The summed E-state index contributed by atoms with van der Waals surface area (Å²) in [7, 11) is 1.66. The van der Waals surface area contributed by atoms with Crippen LogP contribution in [-0.4, -0.2) is 25.2 Å². The van der Waals surface area contributed by atoms with Gasteiger partial charge in [-0.2, -0.15) is 0 Å². The quantitative estimate of drug-likeness (QED) is 0.805. The predicted molar refractivity (Wildman–Crippen MR) is 66.7 cm³/mol. The summed E-state index contributed by atoms with van der Waals surface area (Å²) >= 11 is 0. The highest BCUT2D eigenvalue weighted by Gasteiger charge is 2.26. The first kappa shape index (κ1) is 12.8. The zero-order valence-electron chi connectivity index (χ0n) is 10.3. The number of hydrogen-bond acceptors (Lipinski definition) is 3. The summed E-state index contributed by atoms with van der Waals surface area (Å²) < 4.78 is 18.7. The molecular weight excluding hydrogens is 235 g/mol. The van der Waals surface area contributed by atoms with Crippen molar-refractivity contribution in [1.82, 2.24) is 5.32 Å². The van der Waals surface area contributed by atoms with Crippen LogP contribution in [0, 0.1) is 5.82 Å². The van der Waals surface area contributed by atoms with E-state index in [-0.39, 0.29) is 17.7 Å². The molecule has 1 aromatic rings. The molecule has 0 aliphatic heterocycles. The largest absolute Gasteiger partial charge is 0.399 e. The monoisotopic (exact) mass is 252 g/mol. The molecule has 1 amide bonds. The van der Waals surface area contributed by atoms with E-state index < -0.39 is 11.7 Å². The van der Waals surface area contributed by atoms with E-state index in [1.165, 1.54) is 18.2 Å². The van der Waals surface area contributed by atoms with Gasteiger partial charge in [-0.3, -0.25) is 4.79 Å². The van der Waals surface area contributed by atoms with Crippen LogP contribution >= 0.6 is 0 Å². The van der Waals surface area contributed by atoms with Crippen LogP contribution in [-0.2, 0) is 4.74 Å². The molecule has 1 saturated carbocycles. The highest BCUT2D eigenvalue weighted by atomic mass is 19.1. The molecule has 5 heteroatoms. The number of nitrogen functional groups attached to an aromatic ring is 1. The average Bonchev–Trinajstić information content (AvgIpc) is 2.80. The van der Waals surface area contributed by atoms with Gasteiger partial charge in [-0.05, 0) is 37.5 Å². The van der Waals surface area contributed by atoms with E-state index in [9.17, 15) is 9.18 Å². The Morgan fingerprint density at radius 1 is 1.50 bits per heavy atom. The molecular formula is C13H17FN2O2. The Hall–Kier alpha value is -1.62. The van der Waals surface area contributed by atoms with Crippen molar-refractivity contribution >= 4 is 11.6 Å². The third-order valence-corrected chi connectivity index (χ3v) is 3.29. The fourth-order valence-electron chi connectivity index (χ4n) is 2.27. The SMILES string of the molecule is COC1CCC(NC(=O)c2cc(N)ccc2F)C1. The minimum atomic E-state index is -0.553. The standard InChI is InChI=1S/C13H17FN2O2/c1-18-10-4-3-9(7-10)16-13(17)11-6-8(15)2-5-12(11)14/h2,5-6,9-10H,3-4,7,15H2,1H3,(H,16,17). The lowest BCUT2D eigenvalue weighted by Crippen LogP contribution is -2.34. The van der Waals surface area contributed by atoms with Crippen molar-refractivity contribution in [2.24, 2.45) is 0 Å². The van der Waals surface area contributed by atoms with Gasteiger partial charge in [-0.25, -0.2) is 4.39 Å². The number of carbonyl (C=O) groups excluding carboxylic acids is 1. The van der Waals surface area contributed by atoms with Gasteiger partial charge in [-0.1, -0.05) is 0 Å². The van der Waals surface area contributed by atoms with Gasteiger partial charge in [0.15, 0.2) is 0 Å². The molecule has 1 aliphatic carbocycles. The molecule has 1 fully saturated rings. The van der Waals surface area contributed by atoms with Gasteiger partial charge in [0.2, 0.25) is 0 Å². The molecule has 1 aliphatic rings. The van der Waals surface area contributed by atoms with Crippen molar-refractivity contribution in [2.75, 3.05) is 12.8 Å². The molecule has 2 unspecified atom stereocenters. The van der Waals surface area contributed by atoms with E-state index >= 15 is 0 Å². The Labute approximate surface area is 105 Å². The zero-order chi connectivity index (χ0) is 13.1. The first-order valence-electron chi connectivity index (χ1n) is 5.99. The van der Waals surface area contributed by atoms with Gasteiger partial charge in [0.25, 0.3) is 5.91 Å². The fraction of sp³-hybridized carbons (Fsp3) is 0.462. The highest BCUT2D eigenvalue weighted by molar-refractivity contribution is 5.95. The van der Waals surface area contributed by atoms with Crippen molar-refractivity contribution in [2.45, 2.75) is 31.4 Å². The van der Waals surface area contributed by atoms with E-state index in [4.69, 9.17) is 10.5 Å². The predicted octanol–water partition coefficient (Wildman–Crippen LogP) is 1.71. The van der Waals surface area contributed by atoms with Gasteiger partial charge < -0.3 is 15.8 Å². The number of carbonyl (C=O) groups is 1. The van der Waals surface area contributed by atoms with Gasteiger partial charge in [0.1, 0.15) is 5.82 Å². The minimum absolute atomic E-state index is 0.00383. The third kappa shape index (κ3) is 2.79. The normalized spacial score (nSPS) is 23.0. The Morgan fingerprint density at radius 3 is 2.94 bits per heavy atom. The molecule has 2 atom stereocenters. The van der Waals surface area contributed by atoms with Crippen molar-refractivity contribution < 1.29 is 13.9 Å². The topological polar surface area (TPSA) is 64.3 Å². The first-order valence-corrected chi connectivity index (χ1v) is 5.99. The second kappa shape index (κ2) is 5.35. The molecule has 4 nitrogen and oxygen atoms in total. The molecule has 2 rings (SSSR count). The van der Waals surface area contributed by atoms with Crippen LogP contribution in [0.2, 0.25) is 0 Å². The van der Waals surface area contributed by atoms with Crippen LogP contribution in [0.25, 0.3) is 0 Å². The molecule has 0 spiro atoms. The van der Waals surface area contributed by atoms with Crippen molar-refractivity contribution in [3.63, 3.8) is 0 Å². The van der Waals surface area contributed by atoms with Gasteiger partial charge in [0.05, 0.1) is 11.7 Å². The van der Waals surface area contributed by atoms with Crippen molar-refractivity contribution in [3.8, 4) is 0 Å². The van der Waals surface area contributed by atoms with E-state index in [0.717, 1.165) is 19.3 Å². The summed E-state index contributed by atoms with van der Waals surface area (Å²) in [4.78, 5) is 11.9. The molecule has 0 heterocycles. The number of rotatable bonds is 3. The zero-order valence-corrected chi connectivity index (χ0v) is 10.3. The van der Waals surface area contributed by atoms with Crippen LogP contribution in [0.15, 0.2) is 18.2 Å². The van der Waals surface area contributed by atoms with E-state index in [1.54, 1.807) is 7.11 Å². The summed E-state index contributed by atoms with van der Waals surface area (Å²) in [5.41, 5.74) is 5.92. The number of methoxy groups -OCH3 is 1. The molecule has 98 valence electrons. The molecule has 3 N–H and O–H groups in total. The lowest BCUT2D eigenvalue weighted by atomic mass is 10.1. The molecule has 0 aromatic heterocycles. The molecule has 1 aromatic carbocycles. The minimum Gasteiger partial charge on any atom is -0.399 e. The Balaban J connectivity index is 2.02. The maximum atomic E-state index is 13.5. The number of ether oxygens (including phenoxy) is 1. The van der Waals surface area contributed by atoms with E-state index in [1.807, 2.05) is 0 Å². The highest BCUT2D eigenvalue weighted by Crippen LogP contribution is 2.22. The lowest BCUT2D eigenvalue weighted by Gasteiger charge is -2.13. The van der Waals surface area contributed by atoms with Crippen LogP contribution in [0.5, 0.6) is 0 Å². The second-order valence-corrected chi connectivity index (χ2v) is 4.58. The summed E-state index contributed by atoms with van der Waals surface area (Å²) in [6, 6.07) is 4.04. The summed E-state index contributed by atoms with van der Waals surface area (Å²) in [6.45, 7) is 0. The molecule has 0 radical (unpaired) electrons. The maximum absolute atomic E-state index is 13.5. The van der Waals surface area contributed by atoms with Crippen LogP contribution in [0.3, 0.4) is 0 Å². The third-order valence-electron chi connectivity index (χ3n) is 3.29. The van der Waals surface area contributed by atoms with Crippen molar-refractivity contribution in [1.29, 1.82) is 0 Å². The lowest BCUT2D eigenvalue weighted by molar-refractivity contribution is 0.0911. The summed E-state index contributed by atoms with van der Waals surface area (Å²) in [5, 5.41) is 2.81. The van der Waals surface area contributed by atoms with Crippen LogP contribution in [0.1, 0.15) is 29.6 Å². The number of anilines is 1. The Morgan fingerprint density at radius 2 is 2.28 bits per heavy atom. The average molecular weight is 252 g/mol. The van der Waals surface area contributed by atoms with Gasteiger partial charge >= 0.3 is 0 Å². The summed E-state index contributed by atoms with van der Waals surface area (Å²) in [6.07, 6.45) is 2.72.